The molecule has 2 N–H and O–H groups in total. The maximum Gasteiger partial charge on any atom is 0.410 e. The zero-order valence-electron chi connectivity index (χ0n) is 20.8. The molecule has 34 heavy (non-hydrogen) atoms. The average molecular weight is 476 g/mol. The zero-order valence-corrected chi connectivity index (χ0v) is 20.8. The van der Waals surface area contributed by atoms with Crippen LogP contribution >= 0.6 is 0 Å². The molecule has 2 saturated heterocycles. The Kier molecular flexibility index (Phi) is 9.46. The topological polar surface area (TPSA) is 114 Å². The predicted octanol–water partition coefficient (Wildman–Crippen LogP) is 2.48. The monoisotopic (exact) mass is 475 g/mol. The third-order valence-corrected chi connectivity index (χ3v) is 5.86. The number of rotatable bonds is 8. The Hall–Kier alpha value is -3.10. The molecular formula is C25H37N3O6. The normalized spacial score (nSPS) is 24.0. The number of nitrogens with zero attached hydrogens (tertiary/aromatic N) is 1. The number of allylic oxidation sites excluding steroid dienone is 4. The molecule has 0 radical (unpaired) electrons. The van der Waals surface area contributed by atoms with Crippen LogP contribution < -0.4 is 10.6 Å². The van der Waals surface area contributed by atoms with Crippen LogP contribution in [0.3, 0.4) is 0 Å². The lowest BCUT2D eigenvalue weighted by molar-refractivity contribution is -0.146. The largest absolute Gasteiger partial charge is 0.467 e. The minimum absolute atomic E-state index is 0.116. The Bertz CT molecular complexity index is 857. The molecule has 0 aromatic heterocycles. The molecule has 0 aliphatic carbocycles. The van der Waals surface area contributed by atoms with Crippen molar-refractivity contribution in [3.63, 3.8) is 0 Å². The van der Waals surface area contributed by atoms with E-state index in [0.717, 1.165) is 5.57 Å². The highest BCUT2D eigenvalue weighted by Gasteiger charge is 2.43. The summed E-state index contributed by atoms with van der Waals surface area (Å²) in [5, 5.41) is 5.46. The van der Waals surface area contributed by atoms with E-state index in [4.69, 9.17) is 9.47 Å². The lowest BCUT2D eigenvalue weighted by Crippen LogP contribution is -2.52. The summed E-state index contributed by atoms with van der Waals surface area (Å²) in [6, 6.07) is -1.84. The summed E-state index contributed by atoms with van der Waals surface area (Å²) in [4.78, 5) is 52.2. The van der Waals surface area contributed by atoms with Crippen molar-refractivity contribution in [2.75, 3.05) is 20.2 Å². The van der Waals surface area contributed by atoms with Crippen molar-refractivity contribution in [2.45, 2.75) is 64.6 Å². The van der Waals surface area contributed by atoms with E-state index in [1.54, 1.807) is 26.8 Å². The van der Waals surface area contributed by atoms with Gasteiger partial charge in [0.15, 0.2) is 0 Å². The van der Waals surface area contributed by atoms with Crippen molar-refractivity contribution in [3.8, 4) is 0 Å². The van der Waals surface area contributed by atoms with Crippen LogP contribution in [-0.4, -0.2) is 66.7 Å². The molecule has 2 heterocycles. The number of nitrogens with one attached hydrogen (secondary N) is 2. The van der Waals surface area contributed by atoms with E-state index in [9.17, 15) is 19.2 Å². The van der Waals surface area contributed by atoms with E-state index in [0.29, 0.717) is 19.4 Å². The quantitative estimate of drug-likeness (QED) is 0.412. The van der Waals surface area contributed by atoms with E-state index in [1.165, 1.54) is 12.0 Å². The van der Waals surface area contributed by atoms with E-state index < -0.39 is 35.7 Å². The SMILES string of the molecule is C=C/C=C(\C=C/C)[C@@H]1C[C@@H](C(=O)N[C@@H](C[C@@H]2CCNC2=O)C(=O)OC)N(C(=O)OC(C)(C)C)C1. The number of ether oxygens (including phenoxy) is 2. The molecular weight excluding hydrogens is 438 g/mol. The molecule has 9 heteroatoms. The molecule has 0 aromatic carbocycles. The first-order valence-electron chi connectivity index (χ1n) is 11.6. The Morgan fingerprint density at radius 1 is 1.32 bits per heavy atom. The Morgan fingerprint density at radius 3 is 2.56 bits per heavy atom. The van der Waals surface area contributed by atoms with Crippen LogP contribution in [0.5, 0.6) is 0 Å². The van der Waals surface area contributed by atoms with E-state index >= 15 is 0 Å². The van der Waals surface area contributed by atoms with Crippen LogP contribution in [0.1, 0.15) is 47.0 Å². The fourth-order valence-electron chi connectivity index (χ4n) is 4.28. The molecule has 9 nitrogen and oxygen atoms in total. The predicted molar refractivity (Wildman–Crippen MR) is 128 cm³/mol. The Labute approximate surface area is 201 Å². The highest BCUT2D eigenvalue weighted by atomic mass is 16.6. The highest BCUT2D eigenvalue weighted by Crippen LogP contribution is 2.32. The molecule has 0 unspecified atom stereocenters. The number of carbonyl (C=O) groups excluding carboxylic acids is 4. The van der Waals surface area contributed by atoms with Crippen LogP contribution in [0.4, 0.5) is 4.79 Å². The van der Waals surface area contributed by atoms with Gasteiger partial charge in [-0.2, -0.15) is 0 Å². The van der Waals surface area contributed by atoms with Gasteiger partial charge in [-0.25, -0.2) is 9.59 Å². The summed E-state index contributed by atoms with van der Waals surface area (Å²) in [6.45, 7) is 11.7. The number of amides is 3. The van der Waals surface area contributed by atoms with E-state index in [2.05, 4.69) is 17.2 Å². The van der Waals surface area contributed by atoms with Gasteiger partial charge in [-0.15, -0.1) is 0 Å². The van der Waals surface area contributed by atoms with Gasteiger partial charge >= 0.3 is 12.1 Å². The van der Waals surface area contributed by atoms with Crippen molar-refractivity contribution < 1.29 is 28.7 Å². The van der Waals surface area contributed by atoms with Gasteiger partial charge in [-0.3, -0.25) is 14.5 Å². The summed E-state index contributed by atoms with van der Waals surface area (Å²) in [5.74, 6) is -1.77. The van der Waals surface area contributed by atoms with E-state index in [1.807, 2.05) is 25.2 Å². The van der Waals surface area contributed by atoms with Crippen LogP contribution in [0, 0.1) is 11.8 Å². The van der Waals surface area contributed by atoms with Crippen molar-refractivity contribution in [1.82, 2.24) is 15.5 Å². The first kappa shape index (κ1) is 27.1. The second-order valence-electron chi connectivity index (χ2n) is 9.58. The first-order chi connectivity index (χ1) is 16.0. The van der Waals surface area contributed by atoms with Gasteiger partial charge in [0.1, 0.15) is 17.7 Å². The number of methoxy groups -OCH3 is 1. The summed E-state index contributed by atoms with van der Waals surface area (Å²) in [7, 11) is 1.23. The Morgan fingerprint density at radius 2 is 2.03 bits per heavy atom. The maximum absolute atomic E-state index is 13.4. The molecule has 2 aliphatic heterocycles. The minimum atomic E-state index is -0.996. The lowest BCUT2D eigenvalue weighted by Gasteiger charge is -2.29. The van der Waals surface area contributed by atoms with Gasteiger partial charge in [0.05, 0.1) is 7.11 Å². The first-order valence-corrected chi connectivity index (χ1v) is 11.6. The summed E-state index contributed by atoms with van der Waals surface area (Å²) >= 11 is 0. The molecule has 188 valence electrons. The van der Waals surface area contributed by atoms with Gasteiger partial charge in [0, 0.05) is 24.9 Å². The van der Waals surface area contributed by atoms with Gasteiger partial charge in [-0.05, 0) is 52.5 Å². The van der Waals surface area contributed by atoms with Gasteiger partial charge < -0.3 is 20.1 Å². The summed E-state index contributed by atoms with van der Waals surface area (Å²) in [6.07, 6.45) is 7.81. The minimum Gasteiger partial charge on any atom is -0.467 e. The number of hydrogen-bond donors (Lipinski definition) is 2. The van der Waals surface area contributed by atoms with E-state index in [-0.39, 0.29) is 30.7 Å². The molecule has 0 spiro atoms. The fraction of sp³-hybridized carbons (Fsp3) is 0.600. The number of carbonyl (C=O) groups is 4. The van der Waals surface area contributed by atoms with Gasteiger partial charge in [0.25, 0.3) is 0 Å². The molecule has 3 amide bonds. The average Bonchev–Trinajstić information content (AvgIpc) is 3.38. The third-order valence-electron chi connectivity index (χ3n) is 5.86. The van der Waals surface area contributed by atoms with Crippen LogP contribution in [0.2, 0.25) is 0 Å². The standard InChI is InChI=1S/C25H37N3O6/c1-7-9-16(10-8-2)18-14-20(28(15-18)24(32)34-25(3,4)5)22(30)27-19(23(31)33-6)13-17-11-12-26-21(17)29/h7-10,17-20H,1,11-15H2,2-6H3,(H,26,29)(H,27,30)/b10-8-,16-9+/t17-,18+,19-,20-/m0/s1. The van der Waals surface area contributed by atoms with Gasteiger partial charge in [-0.1, -0.05) is 30.9 Å². The van der Waals surface area contributed by atoms with Crippen molar-refractivity contribution in [1.29, 1.82) is 0 Å². The Balaban J connectivity index is 2.27. The molecule has 0 bridgehead atoms. The van der Waals surface area contributed by atoms with Crippen LogP contribution in [0.25, 0.3) is 0 Å². The van der Waals surface area contributed by atoms with Crippen molar-refractivity contribution in [2.24, 2.45) is 11.8 Å². The second kappa shape index (κ2) is 11.9. The van der Waals surface area contributed by atoms with Crippen molar-refractivity contribution in [3.05, 3.63) is 36.5 Å². The number of hydrogen-bond acceptors (Lipinski definition) is 6. The summed E-state index contributed by atoms with van der Waals surface area (Å²) in [5.41, 5.74) is 0.206. The fourth-order valence-corrected chi connectivity index (χ4v) is 4.28. The van der Waals surface area contributed by atoms with Crippen molar-refractivity contribution >= 4 is 23.9 Å². The zero-order chi connectivity index (χ0) is 25.5. The van der Waals surface area contributed by atoms with Crippen LogP contribution in [0.15, 0.2) is 36.5 Å². The van der Waals surface area contributed by atoms with Crippen LogP contribution in [-0.2, 0) is 23.9 Å². The molecule has 0 saturated carbocycles. The maximum atomic E-state index is 13.4. The second-order valence-corrected chi connectivity index (χ2v) is 9.58. The highest BCUT2D eigenvalue weighted by molar-refractivity contribution is 5.91. The van der Waals surface area contributed by atoms with Gasteiger partial charge in [0.2, 0.25) is 11.8 Å². The smallest absolute Gasteiger partial charge is 0.410 e. The lowest BCUT2D eigenvalue weighted by atomic mass is 9.94. The molecule has 2 aliphatic rings. The number of likely N-dealkylation sites (tertiary alicyclic amines) is 1. The molecule has 0 aromatic rings. The third kappa shape index (κ3) is 7.20. The molecule has 4 atom stereocenters. The molecule has 2 fully saturated rings. The number of esters is 1. The summed E-state index contributed by atoms with van der Waals surface area (Å²) < 4.78 is 10.4. The molecule has 2 rings (SSSR count).